The predicted molar refractivity (Wildman–Crippen MR) is 61.3 cm³/mol. The van der Waals surface area contributed by atoms with Gasteiger partial charge in [0.1, 0.15) is 0 Å². The Labute approximate surface area is 88.7 Å². The van der Waals surface area contributed by atoms with Crippen LogP contribution in [0, 0.1) is 17.8 Å². The summed E-state index contributed by atoms with van der Waals surface area (Å²) >= 11 is 0. The second-order valence-corrected chi connectivity index (χ2v) is 5.20. The van der Waals surface area contributed by atoms with E-state index >= 15 is 0 Å². The summed E-state index contributed by atoms with van der Waals surface area (Å²) in [6.45, 7) is 4.95. The minimum Gasteiger partial charge on any atom is -0.317 e. The maximum Gasteiger partial charge on any atom is -0.00462 e. The topological polar surface area (TPSA) is 12.0 Å². The van der Waals surface area contributed by atoms with Gasteiger partial charge in [-0.1, -0.05) is 39.0 Å². The van der Waals surface area contributed by atoms with Crippen molar-refractivity contribution in [2.24, 2.45) is 17.8 Å². The first-order valence-corrected chi connectivity index (χ1v) is 6.62. The smallest absolute Gasteiger partial charge is 0.00462 e. The summed E-state index contributed by atoms with van der Waals surface area (Å²) in [4.78, 5) is 0. The molecule has 1 atom stereocenters. The molecule has 0 aromatic heterocycles. The molecular weight excluding hydrogens is 170 g/mol. The summed E-state index contributed by atoms with van der Waals surface area (Å²) < 4.78 is 0. The lowest BCUT2D eigenvalue weighted by Crippen LogP contribution is -2.33. The summed E-state index contributed by atoms with van der Waals surface area (Å²) in [5, 5.41) is 3.48. The Balaban J connectivity index is 1.89. The second kappa shape index (κ2) is 5.16. The van der Waals surface area contributed by atoms with Crippen LogP contribution < -0.4 is 5.32 Å². The zero-order chi connectivity index (χ0) is 9.80. The van der Waals surface area contributed by atoms with E-state index in [1.54, 1.807) is 0 Å². The first-order valence-electron chi connectivity index (χ1n) is 6.62. The van der Waals surface area contributed by atoms with E-state index in [1.807, 2.05) is 0 Å². The van der Waals surface area contributed by atoms with Gasteiger partial charge in [0, 0.05) is 0 Å². The van der Waals surface area contributed by atoms with Crippen molar-refractivity contribution in [1.82, 2.24) is 5.32 Å². The molecule has 2 aliphatic rings. The van der Waals surface area contributed by atoms with E-state index in [-0.39, 0.29) is 0 Å². The Morgan fingerprint density at radius 2 is 1.57 bits per heavy atom. The van der Waals surface area contributed by atoms with Crippen LogP contribution in [0.3, 0.4) is 0 Å². The van der Waals surface area contributed by atoms with E-state index < -0.39 is 0 Å². The van der Waals surface area contributed by atoms with Crippen LogP contribution in [-0.4, -0.2) is 13.1 Å². The van der Waals surface area contributed by atoms with Gasteiger partial charge >= 0.3 is 0 Å². The van der Waals surface area contributed by atoms with Gasteiger partial charge in [0.15, 0.2) is 0 Å². The zero-order valence-corrected chi connectivity index (χ0v) is 9.60. The maximum atomic E-state index is 3.48. The van der Waals surface area contributed by atoms with Gasteiger partial charge in [-0.25, -0.2) is 0 Å². The first kappa shape index (κ1) is 10.5. The lowest BCUT2D eigenvalue weighted by molar-refractivity contribution is 0.180. The van der Waals surface area contributed by atoms with Crippen LogP contribution in [0.15, 0.2) is 0 Å². The Kier molecular flexibility index (Phi) is 3.86. The maximum absolute atomic E-state index is 3.48. The van der Waals surface area contributed by atoms with Crippen LogP contribution in [0.25, 0.3) is 0 Å². The molecule has 2 rings (SSSR count). The van der Waals surface area contributed by atoms with Crippen molar-refractivity contribution in [2.45, 2.75) is 51.9 Å². The van der Waals surface area contributed by atoms with Gasteiger partial charge in [-0.05, 0) is 43.7 Å². The van der Waals surface area contributed by atoms with E-state index in [2.05, 4.69) is 12.2 Å². The van der Waals surface area contributed by atoms with Gasteiger partial charge < -0.3 is 5.32 Å². The fraction of sp³-hybridized carbons (Fsp3) is 1.00. The van der Waals surface area contributed by atoms with Gasteiger partial charge in [0.2, 0.25) is 0 Å². The van der Waals surface area contributed by atoms with E-state index in [1.165, 1.54) is 58.0 Å². The molecule has 0 radical (unpaired) electrons. The van der Waals surface area contributed by atoms with E-state index in [0.717, 1.165) is 17.8 Å². The molecule has 1 heterocycles. The van der Waals surface area contributed by atoms with Crippen molar-refractivity contribution in [2.75, 3.05) is 13.1 Å². The minimum absolute atomic E-state index is 1.05. The molecule has 1 unspecified atom stereocenters. The molecule has 1 aliphatic heterocycles. The fourth-order valence-electron chi connectivity index (χ4n) is 3.71. The summed E-state index contributed by atoms with van der Waals surface area (Å²) in [7, 11) is 0. The standard InChI is InChI=1S/C13H25N/c1-2-13(11-5-3-4-6-11)12-7-9-14-10-8-12/h11-14H,2-10H2,1H3. The lowest BCUT2D eigenvalue weighted by atomic mass is 9.75. The third-order valence-corrected chi connectivity index (χ3v) is 4.47. The largest absolute Gasteiger partial charge is 0.317 e. The van der Waals surface area contributed by atoms with Crippen LogP contribution in [0.2, 0.25) is 0 Å². The molecule has 1 saturated carbocycles. The van der Waals surface area contributed by atoms with Crippen molar-refractivity contribution < 1.29 is 0 Å². The Morgan fingerprint density at radius 1 is 1.00 bits per heavy atom. The van der Waals surface area contributed by atoms with Crippen molar-refractivity contribution in [3.05, 3.63) is 0 Å². The van der Waals surface area contributed by atoms with Gasteiger partial charge in [-0.15, -0.1) is 0 Å². The molecular formula is C13H25N. The summed E-state index contributed by atoms with van der Waals surface area (Å²) in [5.74, 6) is 3.19. The number of hydrogen-bond donors (Lipinski definition) is 1. The predicted octanol–water partition coefficient (Wildman–Crippen LogP) is 3.20. The SMILES string of the molecule is CCC(C1CCCC1)C1CCNCC1. The Bertz CT molecular complexity index is 155. The molecule has 82 valence electrons. The van der Waals surface area contributed by atoms with Gasteiger partial charge in [0.25, 0.3) is 0 Å². The molecule has 0 amide bonds. The molecule has 1 nitrogen and oxygen atoms in total. The highest BCUT2D eigenvalue weighted by Gasteiger charge is 2.30. The molecule has 1 heteroatoms. The van der Waals surface area contributed by atoms with E-state index in [4.69, 9.17) is 0 Å². The quantitative estimate of drug-likeness (QED) is 0.729. The van der Waals surface area contributed by atoms with Crippen molar-refractivity contribution >= 4 is 0 Å². The average Bonchev–Trinajstić information content (AvgIpc) is 2.74. The highest BCUT2D eigenvalue weighted by Crippen LogP contribution is 2.39. The highest BCUT2D eigenvalue weighted by atomic mass is 14.9. The third kappa shape index (κ3) is 2.31. The Hall–Kier alpha value is -0.0400. The highest BCUT2D eigenvalue weighted by molar-refractivity contribution is 4.82. The number of rotatable bonds is 3. The normalized spacial score (nSPS) is 28.1. The molecule has 2 fully saturated rings. The van der Waals surface area contributed by atoms with Crippen LogP contribution in [-0.2, 0) is 0 Å². The first-order chi connectivity index (χ1) is 6.92. The monoisotopic (exact) mass is 195 g/mol. The van der Waals surface area contributed by atoms with Crippen LogP contribution >= 0.6 is 0 Å². The van der Waals surface area contributed by atoms with Crippen molar-refractivity contribution in [1.29, 1.82) is 0 Å². The molecule has 0 spiro atoms. The van der Waals surface area contributed by atoms with E-state index in [9.17, 15) is 0 Å². The average molecular weight is 195 g/mol. The molecule has 0 bridgehead atoms. The molecule has 1 aliphatic carbocycles. The zero-order valence-electron chi connectivity index (χ0n) is 9.60. The third-order valence-electron chi connectivity index (χ3n) is 4.47. The van der Waals surface area contributed by atoms with Gasteiger partial charge in [0.05, 0.1) is 0 Å². The van der Waals surface area contributed by atoms with Crippen LogP contribution in [0.5, 0.6) is 0 Å². The lowest BCUT2D eigenvalue weighted by Gasteiger charge is -2.34. The number of piperidine rings is 1. The Morgan fingerprint density at radius 3 is 2.14 bits per heavy atom. The minimum atomic E-state index is 1.05. The second-order valence-electron chi connectivity index (χ2n) is 5.20. The summed E-state index contributed by atoms with van der Waals surface area (Å²) in [6, 6.07) is 0. The number of nitrogens with one attached hydrogen (secondary N) is 1. The fourth-order valence-corrected chi connectivity index (χ4v) is 3.71. The molecule has 1 N–H and O–H groups in total. The molecule has 0 aromatic carbocycles. The van der Waals surface area contributed by atoms with Gasteiger partial charge in [-0.3, -0.25) is 0 Å². The van der Waals surface area contributed by atoms with Crippen molar-refractivity contribution in [3.8, 4) is 0 Å². The molecule has 0 aromatic rings. The van der Waals surface area contributed by atoms with Gasteiger partial charge in [-0.2, -0.15) is 0 Å². The molecule has 14 heavy (non-hydrogen) atoms. The van der Waals surface area contributed by atoms with Crippen LogP contribution in [0.4, 0.5) is 0 Å². The summed E-state index contributed by atoms with van der Waals surface area (Å²) in [5.41, 5.74) is 0. The van der Waals surface area contributed by atoms with E-state index in [0.29, 0.717) is 0 Å². The summed E-state index contributed by atoms with van der Waals surface area (Å²) in [6.07, 6.45) is 10.4. The van der Waals surface area contributed by atoms with Crippen LogP contribution in [0.1, 0.15) is 51.9 Å². The number of hydrogen-bond acceptors (Lipinski definition) is 1. The molecule has 1 saturated heterocycles. The van der Waals surface area contributed by atoms with Crippen molar-refractivity contribution in [3.63, 3.8) is 0 Å².